The van der Waals surface area contributed by atoms with Crippen LogP contribution in [0, 0.1) is 0 Å². The average Bonchev–Trinajstić information content (AvgIpc) is 3.07. The Balaban J connectivity index is 1.53. The number of nitrogens with zero attached hydrogens (tertiary/aromatic N) is 2. The number of fused-ring (bicyclic) bond motifs is 1. The molecule has 1 aliphatic heterocycles. The van der Waals surface area contributed by atoms with Gasteiger partial charge >= 0.3 is 11.8 Å². The van der Waals surface area contributed by atoms with E-state index in [-0.39, 0.29) is 13.3 Å². The molecule has 1 aromatic heterocycles. The Morgan fingerprint density at radius 2 is 2.08 bits per heavy atom. The standard InChI is InChI=1S/C16H13BrN4O4/c17-12-5-14-13(24-9-25-14)4-11(12)8-20-21-16(23)15(22)19-7-10-2-1-3-18-6-10/h1-6,8H,7,9H2,(H,19,22)(H,21,23)/b20-8+. The lowest BCUT2D eigenvalue weighted by Gasteiger charge is -2.04. The minimum absolute atomic E-state index is 0.163. The van der Waals surface area contributed by atoms with Crippen LogP contribution in [0.1, 0.15) is 11.1 Å². The molecule has 0 fully saturated rings. The highest BCUT2D eigenvalue weighted by molar-refractivity contribution is 9.10. The number of amides is 2. The smallest absolute Gasteiger partial charge is 0.329 e. The molecular weight excluding hydrogens is 392 g/mol. The number of pyridine rings is 1. The second kappa shape index (κ2) is 7.75. The first-order valence-electron chi connectivity index (χ1n) is 7.23. The van der Waals surface area contributed by atoms with E-state index in [0.717, 1.165) is 10.0 Å². The predicted molar refractivity (Wildman–Crippen MR) is 92.1 cm³/mol. The summed E-state index contributed by atoms with van der Waals surface area (Å²) in [6, 6.07) is 6.99. The maximum atomic E-state index is 11.7. The summed E-state index contributed by atoms with van der Waals surface area (Å²) in [6.07, 6.45) is 4.63. The molecule has 8 nitrogen and oxygen atoms in total. The SMILES string of the molecule is O=C(NCc1cccnc1)C(=O)N/N=C/c1cc2c(cc1Br)OCO2. The van der Waals surface area contributed by atoms with Crippen molar-refractivity contribution in [2.24, 2.45) is 5.10 Å². The lowest BCUT2D eigenvalue weighted by Crippen LogP contribution is -2.37. The van der Waals surface area contributed by atoms with Gasteiger partial charge in [0.1, 0.15) is 0 Å². The van der Waals surface area contributed by atoms with Gasteiger partial charge in [-0.05, 0) is 39.7 Å². The Morgan fingerprint density at radius 1 is 1.28 bits per heavy atom. The number of benzene rings is 1. The number of carbonyl (C=O) groups is 2. The van der Waals surface area contributed by atoms with Crippen molar-refractivity contribution in [3.8, 4) is 11.5 Å². The number of hydrogen-bond acceptors (Lipinski definition) is 6. The number of aromatic nitrogens is 1. The summed E-state index contributed by atoms with van der Waals surface area (Å²) in [4.78, 5) is 27.4. The van der Waals surface area contributed by atoms with Crippen LogP contribution in [0.25, 0.3) is 0 Å². The fourth-order valence-corrected chi connectivity index (χ4v) is 2.43. The zero-order valence-corrected chi connectivity index (χ0v) is 14.4. The molecule has 25 heavy (non-hydrogen) atoms. The van der Waals surface area contributed by atoms with E-state index in [9.17, 15) is 9.59 Å². The quantitative estimate of drug-likeness (QED) is 0.454. The van der Waals surface area contributed by atoms with Gasteiger partial charge in [-0.2, -0.15) is 5.10 Å². The number of nitrogens with one attached hydrogen (secondary N) is 2. The molecule has 0 atom stereocenters. The molecule has 1 aromatic carbocycles. The van der Waals surface area contributed by atoms with Crippen LogP contribution in [0.5, 0.6) is 11.5 Å². The Morgan fingerprint density at radius 3 is 2.84 bits per heavy atom. The molecule has 3 rings (SSSR count). The highest BCUT2D eigenvalue weighted by Crippen LogP contribution is 2.36. The topological polar surface area (TPSA) is 102 Å². The fourth-order valence-electron chi connectivity index (χ4n) is 2.01. The summed E-state index contributed by atoms with van der Waals surface area (Å²) in [5.41, 5.74) is 3.63. The molecule has 2 heterocycles. The van der Waals surface area contributed by atoms with Gasteiger partial charge in [-0.15, -0.1) is 0 Å². The summed E-state index contributed by atoms with van der Waals surface area (Å²) in [5, 5.41) is 6.26. The van der Waals surface area contributed by atoms with Crippen LogP contribution in [-0.4, -0.2) is 29.8 Å². The summed E-state index contributed by atoms with van der Waals surface area (Å²) in [5.74, 6) is -0.434. The molecule has 0 radical (unpaired) electrons. The lowest BCUT2D eigenvalue weighted by molar-refractivity contribution is -0.139. The molecule has 0 saturated heterocycles. The third kappa shape index (κ3) is 4.32. The third-order valence-electron chi connectivity index (χ3n) is 3.24. The van der Waals surface area contributed by atoms with Crippen LogP contribution in [0.15, 0.2) is 46.2 Å². The van der Waals surface area contributed by atoms with Crippen molar-refractivity contribution in [1.29, 1.82) is 0 Å². The van der Waals surface area contributed by atoms with Crippen molar-refractivity contribution >= 4 is 34.0 Å². The van der Waals surface area contributed by atoms with Crippen LogP contribution in [0.3, 0.4) is 0 Å². The van der Waals surface area contributed by atoms with Gasteiger partial charge in [0.25, 0.3) is 0 Å². The summed E-state index contributed by atoms with van der Waals surface area (Å²) in [6.45, 7) is 0.369. The van der Waals surface area contributed by atoms with Crippen molar-refractivity contribution in [2.75, 3.05) is 6.79 Å². The van der Waals surface area contributed by atoms with E-state index < -0.39 is 11.8 Å². The average molecular weight is 405 g/mol. The normalized spacial score (nSPS) is 12.2. The van der Waals surface area contributed by atoms with Crippen molar-refractivity contribution in [3.63, 3.8) is 0 Å². The zero-order chi connectivity index (χ0) is 17.6. The van der Waals surface area contributed by atoms with Gasteiger partial charge < -0.3 is 14.8 Å². The Bertz CT molecular complexity index is 826. The van der Waals surface area contributed by atoms with Crippen LogP contribution in [0.2, 0.25) is 0 Å². The summed E-state index contributed by atoms with van der Waals surface area (Å²) in [7, 11) is 0. The van der Waals surface area contributed by atoms with Crippen molar-refractivity contribution in [3.05, 3.63) is 52.3 Å². The van der Waals surface area contributed by atoms with E-state index in [0.29, 0.717) is 17.1 Å². The van der Waals surface area contributed by atoms with Crippen LogP contribution < -0.4 is 20.2 Å². The molecule has 0 saturated carbocycles. The fraction of sp³-hybridized carbons (Fsp3) is 0.125. The van der Waals surface area contributed by atoms with E-state index >= 15 is 0 Å². The lowest BCUT2D eigenvalue weighted by atomic mass is 10.2. The van der Waals surface area contributed by atoms with E-state index in [4.69, 9.17) is 9.47 Å². The first-order valence-corrected chi connectivity index (χ1v) is 8.02. The Labute approximate surface area is 151 Å². The molecule has 2 N–H and O–H groups in total. The molecule has 2 amide bonds. The van der Waals surface area contributed by atoms with Gasteiger partial charge in [-0.1, -0.05) is 6.07 Å². The number of carbonyl (C=O) groups excluding carboxylic acids is 2. The Hall–Kier alpha value is -2.94. The monoisotopic (exact) mass is 404 g/mol. The molecular formula is C16H13BrN4O4. The van der Waals surface area contributed by atoms with Gasteiger partial charge in [0, 0.05) is 29.0 Å². The molecule has 1 aliphatic rings. The minimum atomic E-state index is -0.864. The van der Waals surface area contributed by atoms with Gasteiger partial charge in [0.15, 0.2) is 11.5 Å². The van der Waals surface area contributed by atoms with Crippen molar-refractivity contribution in [2.45, 2.75) is 6.54 Å². The molecule has 0 aliphatic carbocycles. The first-order chi connectivity index (χ1) is 12.1. The number of hydrazone groups is 1. The maximum Gasteiger partial charge on any atom is 0.329 e. The summed E-state index contributed by atoms with van der Waals surface area (Å²) >= 11 is 3.37. The Kier molecular flexibility index (Phi) is 5.24. The number of rotatable bonds is 4. The van der Waals surface area contributed by atoms with Gasteiger partial charge in [0.2, 0.25) is 6.79 Å². The van der Waals surface area contributed by atoms with E-state index in [1.807, 2.05) is 0 Å². The van der Waals surface area contributed by atoms with Gasteiger partial charge in [0.05, 0.1) is 6.21 Å². The number of halogens is 1. The predicted octanol–water partition coefficient (Wildman–Crippen LogP) is 1.34. The van der Waals surface area contributed by atoms with Crippen LogP contribution in [-0.2, 0) is 16.1 Å². The largest absolute Gasteiger partial charge is 0.454 e. The van der Waals surface area contributed by atoms with Crippen molar-refractivity contribution < 1.29 is 19.1 Å². The maximum absolute atomic E-state index is 11.7. The molecule has 2 aromatic rings. The molecule has 0 spiro atoms. The van der Waals surface area contributed by atoms with Crippen LogP contribution in [0.4, 0.5) is 0 Å². The second-order valence-electron chi connectivity index (χ2n) is 4.97. The summed E-state index contributed by atoms with van der Waals surface area (Å²) < 4.78 is 11.2. The second-order valence-corrected chi connectivity index (χ2v) is 5.82. The van der Waals surface area contributed by atoms with E-state index in [1.165, 1.54) is 6.21 Å². The molecule has 128 valence electrons. The van der Waals surface area contributed by atoms with Gasteiger partial charge in [-0.25, -0.2) is 5.43 Å². The van der Waals surface area contributed by atoms with E-state index in [1.54, 1.807) is 36.7 Å². The zero-order valence-electron chi connectivity index (χ0n) is 12.9. The first kappa shape index (κ1) is 16.9. The molecule has 0 unspecified atom stereocenters. The minimum Gasteiger partial charge on any atom is -0.454 e. The van der Waals surface area contributed by atoms with E-state index in [2.05, 4.69) is 36.8 Å². The highest BCUT2D eigenvalue weighted by atomic mass is 79.9. The highest BCUT2D eigenvalue weighted by Gasteiger charge is 2.16. The van der Waals surface area contributed by atoms with Crippen LogP contribution >= 0.6 is 15.9 Å². The molecule has 9 heteroatoms. The third-order valence-corrected chi connectivity index (χ3v) is 3.93. The van der Waals surface area contributed by atoms with Crippen molar-refractivity contribution in [1.82, 2.24) is 15.7 Å². The van der Waals surface area contributed by atoms with Gasteiger partial charge in [-0.3, -0.25) is 14.6 Å². The number of hydrogen-bond donors (Lipinski definition) is 2. The number of ether oxygens (including phenoxy) is 2. The molecule has 0 bridgehead atoms.